The van der Waals surface area contributed by atoms with Gasteiger partial charge < -0.3 is 9.64 Å². The molecule has 0 aromatic heterocycles. The quantitative estimate of drug-likeness (QED) is 0.412. The first-order valence-corrected chi connectivity index (χ1v) is 9.58. The normalized spacial score (nSPS) is 12.2. The number of benzene rings is 2. The standard InChI is InChI=1S/C24H31NO2/c1-7-24(5,6)27-22-14-12-20(13-15-22)19(4)16-21-10-8-9-11-23(21)25(17-26)18(2)3/h8-18H,7H2,1-6H3/b19-16+. The number of rotatable bonds is 8. The summed E-state index contributed by atoms with van der Waals surface area (Å²) in [6.07, 6.45) is 3.97. The molecular weight excluding hydrogens is 334 g/mol. The predicted molar refractivity (Wildman–Crippen MR) is 115 cm³/mol. The Balaban J connectivity index is 2.29. The molecule has 0 atom stereocenters. The van der Waals surface area contributed by atoms with Gasteiger partial charge in [-0.25, -0.2) is 0 Å². The molecule has 0 spiro atoms. The van der Waals surface area contributed by atoms with Gasteiger partial charge in [-0.15, -0.1) is 0 Å². The fourth-order valence-corrected chi connectivity index (χ4v) is 2.80. The van der Waals surface area contributed by atoms with E-state index in [0.717, 1.165) is 41.0 Å². The fraction of sp³-hybridized carbons (Fsp3) is 0.375. The number of carbonyl (C=O) groups excluding carboxylic acids is 1. The van der Waals surface area contributed by atoms with Crippen LogP contribution in [-0.2, 0) is 4.79 Å². The third kappa shape index (κ3) is 5.46. The van der Waals surface area contributed by atoms with E-state index in [1.54, 1.807) is 4.90 Å². The van der Waals surface area contributed by atoms with Crippen molar-refractivity contribution in [3.63, 3.8) is 0 Å². The number of amides is 1. The summed E-state index contributed by atoms with van der Waals surface area (Å²) in [5.74, 6) is 0.880. The topological polar surface area (TPSA) is 29.5 Å². The molecule has 0 saturated carbocycles. The van der Waals surface area contributed by atoms with E-state index in [-0.39, 0.29) is 11.6 Å². The minimum atomic E-state index is -0.166. The zero-order valence-corrected chi connectivity index (χ0v) is 17.3. The van der Waals surface area contributed by atoms with Crippen LogP contribution in [0.15, 0.2) is 48.5 Å². The van der Waals surface area contributed by atoms with Crippen molar-refractivity contribution in [2.24, 2.45) is 0 Å². The average Bonchev–Trinajstić information content (AvgIpc) is 2.63. The number of hydrogen-bond donors (Lipinski definition) is 0. The summed E-state index contributed by atoms with van der Waals surface area (Å²) < 4.78 is 6.03. The van der Waals surface area contributed by atoms with E-state index in [1.807, 2.05) is 50.2 Å². The van der Waals surface area contributed by atoms with Crippen LogP contribution in [0.25, 0.3) is 11.6 Å². The molecule has 0 heterocycles. The van der Waals surface area contributed by atoms with E-state index in [4.69, 9.17) is 4.74 Å². The molecule has 0 unspecified atom stereocenters. The Morgan fingerprint density at radius 2 is 1.74 bits per heavy atom. The molecule has 144 valence electrons. The molecule has 2 rings (SSSR count). The van der Waals surface area contributed by atoms with Crippen LogP contribution in [0, 0.1) is 0 Å². The highest BCUT2D eigenvalue weighted by Crippen LogP contribution is 2.28. The van der Waals surface area contributed by atoms with Gasteiger partial charge in [-0.2, -0.15) is 0 Å². The molecule has 0 bridgehead atoms. The van der Waals surface area contributed by atoms with E-state index >= 15 is 0 Å². The summed E-state index contributed by atoms with van der Waals surface area (Å²) in [6, 6.07) is 16.3. The van der Waals surface area contributed by atoms with Crippen LogP contribution in [0.2, 0.25) is 0 Å². The highest BCUT2D eigenvalue weighted by atomic mass is 16.5. The van der Waals surface area contributed by atoms with Gasteiger partial charge in [0, 0.05) is 6.04 Å². The van der Waals surface area contributed by atoms with Gasteiger partial charge in [-0.05, 0) is 82.0 Å². The van der Waals surface area contributed by atoms with Crippen LogP contribution in [-0.4, -0.2) is 18.1 Å². The molecule has 2 aromatic carbocycles. The number of para-hydroxylation sites is 1. The Bertz CT molecular complexity index is 788. The second kappa shape index (κ2) is 8.90. The summed E-state index contributed by atoms with van der Waals surface area (Å²) in [4.78, 5) is 13.3. The molecule has 27 heavy (non-hydrogen) atoms. The van der Waals surface area contributed by atoms with E-state index in [2.05, 4.69) is 45.9 Å². The summed E-state index contributed by atoms with van der Waals surface area (Å²) in [5.41, 5.74) is 4.06. The molecule has 1 amide bonds. The Kier molecular flexibility index (Phi) is 6.84. The van der Waals surface area contributed by atoms with Crippen molar-refractivity contribution in [1.29, 1.82) is 0 Å². The van der Waals surface area contributed by atoms with Crippen LogP contribution < -0.4 is 9.64 Å². The second-order valence-corrected chi connectivity index (χ2v) is 7.73. The number of nitrogens with zero attached hydrogens (tertiary/aromatic N) is 1. The zero-order chi connectivity index (χ0) is 20.0. The monoisotopic (exact) mass is 365 g/mol. The molecule has 0 aliphatic rings. The molecule has 0 fully saturated rings. The molecular formula is C24H31NO2. The lowest BCUT2D eigenvalue weighted by atomic mass is 10.0. The molecule has 0 aliphatic heterocycles. The van der Waals surface area contributed by atoms with Crippen molar-refractivity contribution < 1.29 is 9.53 Å². The van der Waals surface area contributed by atoms with Gasteiger partial charge in [0.1, 0.15) is 11.4 Å². The molecule has 3 heteroatoms. The Labute approximate surface area is 163 Å². The first-order valence-electron chi connectivity index (χ1n) is 9.58. The van der Waals surface area contributed by atoms with Gasteiger partial charge in [0.2, 0.25) is 6.41 Å². The summed E-state index contributed by atoms with van der Waals surface area (Å²) in [7, 11) is 0. The number of ether oxygens (including phenoxy) is 1. The van der Waals surface area contributed by atoms with Crippen molar-refractivity contribution in [3.8, 4) is 5.75 Å². The third-order valence-corrected chi connectivity index (χ3v) is 4.81. The summed E-state index contributed by atoms with van der Waals surface area (Å²) in [5, 5.41) is 0. The lowest BCUT2D eigenvalue weighted by Crippen LogP contribution is -2.29. The number of allylic oxidation sites excluding steroid dienone is 1. The SMILES string of the molecule is CCC(C)(C)Oc1ccc(/C(C)=C/c2ccccc2N(C=O)C(C)C)cc1. The number of carbonyl (C=O) groups is 1. The van der Waals surface area contributed by atoms with E-state index in [9.17, 15) is 4.79 Å². The van der Waals surface area contributed by atoms with Crippen LogP contribution in [0.3, 0.4) is 0 Å². The Morgan fingerprint density at radius 1 is 1.11 bits per heavy atom. The number of hydrogen-bond acceptors (Lipinski definition) is 2. The van der Waals surface area contributed by atoms with Crippen LogP contribution in [0.1, 0.15) is 59.1 Å². The van der Waals surface area contributed by atoms with E-state index < -0.39 is 0 Å². The van der Waals surface area contributed by atoms with Crippen molar-refractivity contribution >= 4 is 23.7 Å². The maximum atomic E-state index is 11.5. The molecule has 0 radical (unpaired) electrons. The maximum absolute atomic E-state index is 11.5. The van der Waals surface area contributed by atoms with Crippen molar-refractivity contribution in [3.05, 3.63) is 59.7 Å². The number of anilines is 1. The molecule has 2 aromatic rings. The van der Waals surface area contributed by atoms with Crippen LogP contribution in [0.5, 0.6) is 5.75 Å². The minimum Gasteiger partial charge on any atom is -0.488 e. The van der Waals surface area contributed by atoms with Gasteiger partial charge in [-0.3, -0.25) is 4.79 Å². The Hall–Kier alpha value is -2.55. The average molecular weight is 366 g/mol. The summed E-state index contributed by atoms with van der Waals surface area (Å²) in [6.45, 7) is 12.4. The highest BCUT2D eigenvalue weighted by molar-refractivity contribution is 5.88. The first-order chi connectivity index (χ1) is 12.8. The molecule has 3 nitrogen and oxygen atoms in total. The van der Waals surface area contributed by atoms with Gasteiger partial charge in [0.25, 0.3) is 0 Å². The van der Waals surface area contributed by atoms with Crippen molar-refractivity contribution in [1.82, 2.24) is 0 Å². The lowest BCUT2D eigenvalue weighted by molar-refractivity contribution is -0.107. The van der Waals surface area contributed by atoms with Crippen LogP contribution in [0.4, 0.5) is 5.69 Å². The maximum Gasteiger partial charge on any atom is 0.214 e. The van der Waals surface area contributed by atoms with E-state index in [0.29, 0.717) is 0 Å². The predicted octanol–water partition coefficient (Wildman–Crippen LogP) is 6.19. The first kappa shape index (κ1) is 20.8. The molecule has 0 saturated heterocycles. The van der Waals surface area contributed by atoms with Gasteiger partial charge in [-0.1, -0.05) is 37.3 Å². The molecule has 0 N–H and O–H groups in total. The van der Waals surface area contributed by atoms with E-state index in [1.165, 1.54) is 0 Å². The lowest BCUT2D eigenvalue weighted by Gasteiger charge is -2.25. The largest absolute Gasteiger partial charge is 0.488 e. The zero-order valence-electron chi connectivity index (χ0n) is 17.3. The smallest absolute Gasteiger partial charge is 0.214 e. The van der Waals surface area contributed by atoms with Crippen molar-refractivity contribution in [2.75, 3.05) is 4.90 Å². The highest BCUT2D eigenvalue weighted by Gasteiger charge is 2.16. The Morgan fingerprint density at radius 3 is 2.30 bits per heavy atom. The second-order valence-electron chi connectivity index (χ2n) is 7.73. The molecule has 0 aliphatic carbocycles. The van der Waals surface area contributed by atoms with Crippen molar-refractivity contribution in [2.45, 2.75) is 59.6 Å². The third-order valence-electron chi connectivity index (χ3n) is 4.81. The fourth-order valence-electron chi connectivity index (χ4n) is 2.80. The minimum absolute atomic E-state index is 0.107. The van der Waals surface area contributed by atoms with Gasteiger partial charge >= 0.3 is 0 Å². The summed E-state index contributed by atoms with van der Waals surface area (Å²) >= 11 is 0. The van der Waals surface area contributed by atoms with Gasteiger partial charge in [0.15, 0.2) is 0 Å². The van der Waals surface area contributed by atoms with Gasteiger partial charge in [0.05, 0.1) is 5.69 Å². The van der Waals surface area contributed by atoms with Crippen LogP contribution >= 0.6 is 0 Å².